The van der Waals surface area contributed by atoms with Crippen LogP contribution in [0.15, 0.2) is 41.0 Å². The molecule has 0 amide bonds. The number of carbonyl (C=O) groups is 1. The van der Waals surface area contributed by atoms with Gasteiger partial charge in [0.15, 0.2) is 17.2 Å². The first-order chi connectivity index (χ1) is 13.0. The fourth-order valence-electron chi connectivity index (χ4n) is 2.53. The third kappa shape index (κ3) is 4.03. The predicted octanol–water partition coefficient (Wildman–Crippen LogP) is 4.31. The molecular weight excluding hydrogens is 485 g/mol. The molecule has 2 aromatic carbocycles. The van der Waals surface area contributed by atoms with E-state index in [4.69, 9.17) is 30.5 Å². The number of nitrogens with zero attached hydrogens (tertiary/aromatic N) is 1. The van der Waals surface area contributed by atoms with E-state index in [1.165, 1.54) is 21.3 Å². The first-order valence-corrected chi connectivity index (χ1v) is 9.20. The molecule has 27 heavy (non-hydrogen) atoms. The minimum absolute atomic E-state index is 0.147. The van der Waals surface area contributed by atoms with Gasteiger partial charge in [-0.25, -0.2) is 9.79 Å². The molecule has 0 unspecified atom stereocenters. The second-order valence-corrected chi connectivity index (χ2v) is 7.07. The van der Waals surface area contributed by atoms with Gasteiger partial charge in [0, 0.05) is 3.57 Å². The molecule has 0 spiro atoms. The van der Waals surface area contributed by atoms with Crippen molar-refractivity contribution in [2.75, 3.05) is 21.3 Å². The molecule has 6 nitrogen and oxygen atoms in total. The number of halogens is 2. The Labute approximate surface area is 174 Å². The summed E-state index contributed by atoms with van der Waals surface area (Å²) in [4.78, 5) is 16.5. The van der Waals surface area contributed by atoms with Gasteiger partial charge >= 0.3 is 5.97 Å². The Morgan fingerprint density at radius 2 is 1.74 bits per heavy atom. The van der Waals surface area contributed by atoms with Crippen molar-refractivity contribution in [2.45, 2.75) is 0 Å². The zero-order chi connectivity index (χ0) is 19.6. The molecule has 0 N–H and O–H groups in total. The van der Waals surface area contributed by atoms with Crippen molar-refractivity contribution in [2.24, 2.45) is 4.99 Å². The maximum atomic E-state index is 12.3. The molecular formula is C19H15ClINO5. The molecule has 0 aliphatic carbocycles. The van der Waals surface area contributed by atoms with E-state index < -0.39 is 5.97 Å². The highest BCUT2D eigenvalue weighted by Gasteiger charge is 2.26. The van der Waals surface area contributed by atoms with Crippen molar-refractivity contribution >= 4 is 52.1 Å². The van der Waals surface area contributed by atoms with E-state index in [1.54, 1.807) is 30.3 Å². The van der Waals surface area contributed by atoms with E-state index in [9.17, 15) is 4.79 Å². The van der Waals surface area contributed by atoms with Gasteiger partial charge in [0.2, 0.25) is 11.6 Å². The fraction of sp³-hybridized carbons (Fsp3) is 0.158. The summed E-state index contributed by atoms with van der Waals surface area (Å²) in [6, 6.07) is 8.82. The van der Waals surface area contributed by atoms with Crippen LogP contribution in [0.2, 0.25) is 5.02 Å². The summed E-state index contributed by atoms with van der Waals surface area (Å²) in [7, 11) is 4.56. The number of aliphatic imine (C=N–C) groups is 1. The first kappa shape index (κ1) is 19.5. The zero-order valence-electron chi connectivity index (χ0n) is 14.7. The largest absolute Gasteiger partial charge is 0.493 e. The van der Waals surface area contributed by atoms with Gasteiger partial charge in [0.05, 0.1) is 31.9 Å². The third-order valence-electron chi connectivity index (χ3n) is 3.77. The van der Waals surface area contributed by atoms with Crippen LogP contribution < -0.4 is 14.2 Å². The Balaban J connectivity index is 2.03. The summed E-state index contributed by atoms with van der Waals surface area (Å²) in [5, 5.41) is 0.455. The second-order valence-electron chi connectivity index (χ2n) is 5.42. The van der Waals surface area contributed by atoms with Gasteiger partial charge in [-0.2, -0.15) is 0 Å². The number of cyclic esters (lactones) is 1. The highest BCUT2D eigenvalue weighted by atomic mass is 127. The molecule has 2 aromatic rings. The van der Waals surface area contributed by atoms with Crippen molar-refractivity contribution in [3.05, 3.63) is 55.7 Å². The van der Waals surface area contributed by atoms with E-state index in [-0.39, 0.29) is 11.6 Å². The van der Waals surface area contributed by atoms with Crippen LogP contribution in [0.1, 0.15) is 11.1 Å². The van der Waals surface area contributed by atoms with Gasteiger partial charge in [-0.15, -0.1) is 0 Å². The number of carbonyl (C=O) groups excluding carboxylic acids is 1. The Kier molecular flexibility index (Phi) is 5.91. The zero-order valence-corrected chi connectivity index (χ0v) is 17.6. The Morgan fingerprint density at radius 3 is 2.33 bits per heavy atom. The molecule has 0 saturated heterocycles. The summed E-state index contributed by atoms with van der Waals surface area (Å²) >= 11 is 8.35. The summed E-state index contributed by atoms with van der Waals surface area (Å²) < 4.78 is 22.2. The molecule has 140 valence electrons. The van der Waals surface area contributed by atoms with Crippen LogP contribution in [0.4, 0.5) is 0 Å². The highest BCUT2D eigenvalue weighted by Crippen LogP contribution is 2.39. The van der Waals surface area contributed by atoms with E-state index in [2.05, 4.69) is 27.6 Å². The highest BCUT2D eigenvalue weighted by molar-refractivity contribution is 14.1. The lowest BCUT2D eigenvalue weighted by atomic mass is 10.1. The Bertz CT molecular complexity index is 946. The maximum absolute atomic E-state index is 12.3. The van der Waals surface area contributed by atoms with Gasteiger partial charge < -0.3 is 18.9 Å². The minimum Gasteiger partial charge on any atom is -0.493 e. The molecule has 1 heterocycles. The quantitative estimate of drug-likeness (QED) is 0.348. The molecule has 8 heteroatoms. The molecule has 0 radical (unpaired) electrons. The lowest BCUT2D eigenvalue weighted by molar-refractivity contribution is -0.129. The molecule has 0 fully saturated rings. The average molecular weight is 500 g/mol. The standard InChI is InChI=1S/C19H15ClINO5/c1-24-15-7-10(8-16(25-2)17(15)26-3)6-14-19(23)27-18(22-14)12-9-11(21)4-5-13(12)20/h4-9H,1-3H3/b14-6-. The van der Waals surface area contributed by atoms with Crippen LogP contribution in [-0.2, 0) is 9.53 Å². The van der Waals surface area contributed by atoms with Crippen LogP contribution in [0.3, 0.4) is 0 Å². The van der Waals surface area contributed by atoms with Crippen LogP contribution in [0.25, 0.3) is 6.08 Å². The van der Waals surface area contributed by atoms with Crippen molar-refractivity contribution in [3.8, 4) is 17.2 Å². The summed E-state index contributed by atoms with van der Waals surface area (Å²) in [5.74, 6) is 1.02. The summed E-state index contributed by atoms with van der Waals surface area (Å²) in [6.45, 7) is 0. The number of methoxy groups -OCH3 is 3. The SMILES string of the molecule is COc1cc(/C=C2\N=C(c3cc(I)ccc3Cl)OC2=O)cc(OC)c1OC. The second kappa shape index (κ2) is 8.18. The molecule has 0 aromatic heterocycles. The average Bonchev–Trinajstić information content (AvgIpc) is 3.02. The van der Waals surface area contributed by atoms with Gasteiger partial charge in [-0.1, -0.05) is 11.6 Å². The van der Waals surface area contributed by atoms with Crippen molar-refractivity contribution in [1.29, 1.82) is 0 Å². The Hall–Kier alpha value is -2.26. The smallest absolute Gasteiger partial charge is 0.363 e. The molecule has 0 bridgehead atoms. The van der Waals surface area contributed by atoms with Crippen molar-refractivity contribution in [3.63, 3.8) is 0 Å². The van der Waals surface area contributed by atoms with Gasteiger partial charge in [0.25, 0.3) is 0 Å². The normalized spacial score (nSPS) is 14.8. The number of rotatable bonds is 5. The minimum atomic E-state index is -0.561. The van der Waals surface area contributed by atoms with E-state index >= 15 is 0 Å². The van der Waals surface area contributed by atoms with Crippen LogP contribution in [0.5, 0.6) is 17.2 Å². The van der Waals surface area contributed by atoms with Crippen LogP contribution >= 0.6 is 34.2 Å². The summed E-state index contributed by atoms with van der Waals surface area (Å²) in [5.41, 5.74) is 1.36. The number of esters is 1. The molecule has 1 aliphatic rings. The van der Waals surface area contributed by atoms with Crippen LogP contribution in [-0.4, -0.2) is 33.2 Å². The monoisotopic (exact) mass is 499 g/mol. The van der Waals surface area contributed by atoms with Crippen molar-refractivity contribution in [1.82, 2.24) is 0 Å². The topological polar surface area (TPSA) is 66.4 Å². The fourth-order valence-corrected chi connectivity index (χ4v) is 3.22. The third-order valence-corrected chi connectivity index (χ3v) is 4.77. The molecule has 0 atom stereocenters. The van der Waals surface area contributed by atoms with E-state index in [0.29, 0.717) is 33.4 Å². The molecule has 1 aliphatic heterocycles. The van der Waals surface area contributed by atoms with E-state index in [1.807, 2.05) is 6.07 Å². The van der Waals surface area contributed by atoms with Gasteiger partial charge in [-0.3, -0.25) is 0 Å². The Morgan fingerprint density at radius 1 is 1.07 bits per heavy atom. The lowest BCUT2D eigenvalue weighted by Gasteiger charge is -2.12. The van der Waals surface area contributed by atoms with Gasteiger partial charge in [0.1, 0.15) is 0 Å². The lowest BCUT2D eigenvalue weighted by Crippen LogP contribution is -2.06. The predicted molar refractivity (Wildman–Crippen MR) is 111 cm³/mol. The molecule has 0 saturated carbocycles. The van der Waals surface area contributed by atoms with Crippen molar-refractivity contribution < 1.29 is 23.7 Å². The number of benzene rings is 2. The number of ether oxygens (including phenoxy) is 4. The van der Waals surface area contributed by atoms with E-state index in [0.717, 1.165) is 3.57 Å². The molecule has 3 rings (SSSR count). The number of hydrogen-bond acceptors (Lipinski definition) is 6. The first-order valence-electron chi connectivity index (χ1n) is 7.74. The summed E-state index contributed by atoms with van der Waals surface area (Å²) in [6.07, 6.45) is 1.58. The van der Waals surface area contributed by atoms with Gasteiger partial charge in [-0.05, 0) is 64.6 Å². The van der Waals surface area contributed by atoms with Crippen LogP contribution in [0, 0.1) is 3.57 Å². The number of hydrogen-bond donors (Lipinski definition) is 0. The maximum Gasteiger partial charge on any atom is 0.363 e.